The van der Waals surface area contributed by atoms with Gasteiger partial charge in [-0.2, -0.15) is 0 Å². The summed E-state index contributed by atoms with van der Waals surface area (Å²) in [7, 11) is 0. The van der Waals surface area contributed by atoms with Gasteiger partial charge in [0.15, 0.2) is 0 Å². The van der Waals surface area contributed by atoms with E-state index in [0.29, 0.717) is 0 Å². The molecular weight excluding hydrogens is 623 g/mol. The largest absolute Gasteiger partial charge is 0.310 e. The minimum absolute atomic E-state index is 0.0799. The lowest BCUT2D eigenvalue weighted by Crippen LogP contribution is -2.17. The highest BCUT2D eigenvalue weighted by Crippen LogP contribution is 2.55. The third kappa shape index (κ3) is 4.12. The van der Waals surface area contributed by atoms with Crippen molar-refractivity contribution in [1.82, 2.24) is 0 Å². The Morgan fingerprint density at radius 2 is 1.02 bits per heavy atom. The van der Waals surface area contributed by atoms with E-state index in [1.807, 2.05) is 11.3 Å². The van der Waals surface area contributed by atoms with E-state index in [1.165, 1.54) is 87.2 Å². The van der Waals surface area contributed by atoms with Crippen LogP contribution in [-0.2, 0) is 10.8 Å². The van der Waals surface area contributed by atoms with Gasteiger partial charge in [-0.25, -0.2) is 0 Å². The summed E-state index contributed by atoms with van der Waals surface area (Å²) < 4.78 is 2.67. The lowest BCUT2D eigenvalue weighted by Gasteiger charge is -2.30. The maximum Gasteiger partial charge on any atom is 0.0543 e. The van der Waals surface area contributed by atoms with Crippen LogP contribution in [0.25, 0.3) is 53.6 Å². The third-order valence-corrected chi connectivity index (χ3v) is 12.6. The molecule has 0 radical (unpaired) electrons. The standard InChI is InChI=1S/C48H37NS/c1-47(2)40-16-9-6-14-37(40)46-41(47)17-11-18-43(46)49(33-25-26-35-34-12-5-8-15-39(34)48(3,4)42(35)29-33)32-23-20-30(21-24-32)31-22-27-45-38(28-31)36-13-7-10-19-44(36)50-45/h5-29H,1-4H3. The second kappa shape index (κ2) is 10.5. The van der Waals surface area contributed by atoms with Crippen molar-refractivity contribution >= 4 is 48.6 Å². The number of hydrogen-bond donors (Lipinski definition) is 0. The van der Waals surface area contributed by atoms with Crippen LogP contribution in [0.3, 0.4) is 0 Å². The molecule has 2 aliphatic rings. The highest BCUT2D eigenvalue weighted by atomic mass is 32.1. The van der Waals surface area contributed by atoms with Crippen molar-refractivity contribution in [2.75, 3.05) is 4.90 Å². The molecule has 0 fully saturated rings. The van der Waals surface area contributed by atoms with Gasteiger partial charge in [-0.15, -0.1) is 11.3 Å². The van der Waals surface area contributed by atoms with Crippen molar-refractivity contribution in [2.24, 2.45) is 0 Å². The maximum atomic E-state index is 2.50. The van der Waals surface area contributed by atoms with Gasteiger partial charge in [0.1, 0.15) is 0 Å². The van der Waals surface area contributed by atoms with Gasteiger partial charge in [0.2, 0.25) is 0 Å². The molecule has 1 nitrogen and oxygen atoms in total. The Balaban J connectivity index is 1.15. The van der Waals surface area contributed by atoms with Gasteiger partial charge < -0.3 is 4.90 Å². The van der Waals surface area contributed by atoms with Gasteiger partial charge >= 0.3 is 0 Å². The average molecular weight is 660 g/mol. The maximum absolute atomic E-state index is 2.50. The third-order valence-electron chi connectivity index (χ3n) is 11.5. The summed E-state index contributed by atoms with van der Waals surface area (Å²) in [6.45, 7) is 9.46. The Kier molecular flexibility index (Phi) is 6.21. The first-order chi connectivity index (χ1) is 24.3. The predicted octanol–water partition coefficient (Wildman–Crippen LogP) is 13.8. The normalized spacial score (nSPS) is 14.7. The van der Waals surface area contributed by atoms with Gasteiger partial charge in [0, 0.05) is 47.9 Å². The smallest absolute Gasteiger partial charge is 0.0543 e. The fourth-order valence-corrected chi connectivity index (χ4v) is 9.98. The molecule has 2 aliphatic carbocycles. The van der Waals surface area contributed by atoms with Crippen LogP contribution < -0.4 is 4.90 Å². The van der Waals surface area contributed by atoms with Crippen LogP contribution in [0.4, 0.5) is 17.1 Å². The quantitative estimate of drug-likeness (QED) is 0.182. The van der Waals surface area contributed by atoms with E-state index in [4.69, 9.17) is 0 Å². The molecule has 50 heavy (non-hydrogen) atoms. The monoisotopic (exact) mass is 659 g/mol. The Morgan fingerprint density at radius 3 is 1.84 bits per heavy atom. The van der Waals surface area contributed by atoms with Crippen LogP contribution in [-0.4, -0.2) is 0 Å². The predicted molar refractivity (Wildman–Crippen MR) is 215 cm³/mol. The molecule has 10 rings (SSSR count). The first-order valence-electron chi connectivity index (χ1n) is 17.6. The summed E-state index contributed by atoms with van der Waals surface area (Å²) >= 11 is 1.87. The number of rotatable bonds is 4. The van der Waals surface area contributed by atoms with E-state index >= 15 is 0 Å². The van der Waals surface area contributed by atoms with Crippen LogP contribution in [0.2, 0.25) is 0 Å². The summed E-state index contributed by atoms with van der Waals surface area (Å²) in [5.74, 6) is 0. The van der Waals surface area contributed by atoms with E-state index in [-0.39, 0.29) is 10.8 Å². The molecule has 0 saturated heterocycles. The lowest BCUT2D eigenvalue weighted by atomic mass is 9.82. The molecule has 240 valence electrons. The SMILES string of the molecule is CC1(C)c2ccccc2-c2ccc(N(c3ccc(-c4ccc5sc6ccccc6c5c4)cc3)c3cccc4c3-c3ccccc3C4(C)C)cc21. The van der Waals surface area contributed by atoms with Gasteiger partial charge in [-0.1, -0.05) is 131 Å². The van der Waals surface area contributed by atoms with E-state index in [9.17, 15) is 0 Å². The lowest BCUT2D eigenvalue weighted by molar-refractivity contribution is 0.660. The second-order valence-electron chi connectivity index (χ2n) is 15.0. The van der Waals surface area contributed by atoms with E-state index in [2.05, 4.69) is 184 Å². The minimum atomic E-state index is -0.0881. The number of fused-ring (bicyclic) bond motifs is 9. The minimum Gasteiger partial charge on any atom is -0.310 e. The molecule has 0 amide bonds. The highest BCUT2D eigenvalue weighted by molar-refractivity contribution is 7.25. The second-order valence-corrected chi connectivity index (χ2v) is 16.0. The number of hydrogen-bond acceptors (Lipinski definition) is 2. The molecule has 0 atom stereocenters. The van der Waals surface area contributed by atoms with Crippen molar-refractivity contribution in [2.45, 2.75) is 38.5 Å². The van der Waals surface area contributed by atoms with Crippen LogP contribution in [0.1, 0.15) is 49.9 Å². The zero-order valence-corrected chi connectivity index (χ0v) is 29.6. The van der Waals surface area contributed by atoms with Crippen molar-refractivity contribution in [3.63, 3.8) is 0 Å². The summed E-state index contributed by atoms with van der Waals surface area (Å²) in [4.78, 5) is 2.50. The van der Waals surface area contributed by atoms with Crippen LogP contribution in [0, 0.1) is 0 Å². The molecule has 0 bridgehead atoms. The zero-order chi connectivity index (χ0) is 33.8. The molecule has 0 spiro atoms. The molecule has 7 aromatic carbocycles. The highest BCUT2D eigenvalue weighted by Gasteiger charge is 2.39. The summed E-state index contributed by atoms with van der Waals surface area (Å²) in [6, 6.07) is 56.8. The molecule has 2 heteroatoms. The molecule has 0 aliphatic heterocycles. The van der Waals surface area contributed by atoms with E-state index in [0.717, 1.165) is 5.69 Å². The van der Waals surface area contributed by atoms with Gasteiger partial charge in [0.05, 0.1) is 5.69 Å². The first kappa shape index (κ1) is 29.5. The fraction of sp³-hybridized carbons (Fsp3) is 0.125. The zero-order valence-electron chi connectivity index (χ0n) is 28.8. The Labute approximate surface area is 298 Å². The van der Waals surface area contributed by atoms with Crippen LogP contribution >= 0.6 is 11.3 Å². The van der Waals surface area contributed by atoms with Gasteiger partial charge in [-0.05, 0) is 98.6 Å². The number of nitrogens with zero attached hydrogens (tertiary/aromatic N) is 1. The van der Waals surface area contributed by atoms with Gasteiger partial charge in [0.25, 0.3) is 0 Å². The number of thiophene rings is 1. The van der Waals surface area contributed by atoms with Crippen LogP contribution in [0.15, 0.2) is 152 Å². The molecule has 0 unspecified atom stereocenters. The molecule has 0 saturated carbocycles. The molecule has 8 aromatic rings. The molecule has 1 aromatic heterocycles. The summed E-state index contributed by atoms with van der Waals surface area (Å²) in [5.41, 5.74) is 16.7. The molecule has 0 N–H and O–H groups in total. The Morgan fingerprint density at radius 1 is 0.420 bits per heavy atom. The topological polar surface area (TPSA) is 3.24 Å². The van der Waals surface area contributed by atoms with Crippen molar-refractivity contribution in [1.29, 1.82) is 0 Å². The fourth-order valence-electron chi connectivity index (χ4n) is 8.89. The Hall–Kier alpha value is -5.44. The molecule has 1 heterocycles. The summed E-state index contributed by atoms with van der Waals surface area (Å²) in [5, 5.41) is 2.66. The molecular formula is C48H37NS. The van der Waals surface area contributed by atoms with Crippen LogP contribution in [0.5, 0.6) is 0 Å². The number of anilines is 3. The summed E-state index contributed by atoms with van der Waals surface area (Å²) in [6.07, 6.45) is 0. The number of benzene rings is 7. The van der Waals surface area contributed by atoms with E-state index < -0.39 is 0 Å². The first-order valence-corrected chi connectivity index (χ1v) is 18.4. The van der Waals surface area contributed by atoms with E-state index in [1.54, 1.807) is 0 Å². The van der Waals surface area contributed by atoms with Crippen molar-refractivity contribution in [3.8, 4) is 33.4 Å². The Bertz CT molecular complexity index is 2650. The average Bonchev–Trinajstić information content (AvgIpc) is 3.72. The van der Waals surface area contributed by atoms with Gasteiger partial charge in [-0.3, -0.25) is 0 Å². The van der Waals surface area contributed by atoms with Crippen molar-refractivity contribution in [3.05, 3.63) is 174 Å². The van der Waals surface area contributed by atoms with Crippen molar-refractivity contribution < 1.29 is 0 Å².